The second-order valence-electron chi connectivity index (χ2n) is 13.0. The maximum atomic E-state index is 12.2. The molecule has 1 atom stereocenters. The first-order chi connectivity index (χ1) is 22.4. The van der Waals surface area contributed by atoms with Gasteiger partial charge in [-0.2, -0.15) is 10.2 Å². The molecule has 1 unspecified atom stereocenters. The molecule has 5 heterocycles. The van der Waals surface area contributed by atoms with Crippen molar-refractivity contribution in [2.45, 2.75) is 50.5 Å². The lowest BCUT2D eigenvalue weighted by atomic mass is 9.72. The highest BCUT2D eigenvalue weighted by Crippen LogP contribution is 2.48. The number of fused-ring (bicyclic) bond motifs is 1. The first-order valence-electron chi connectivity index (χ1n) is 16.4. The predicted octanol–water partition coefficient (Wildman–Crippen LogP) is 4.03. The van der Waals surface area contributed by atoms with Crippen molar-refractivity contribution < 1.29 is 14.1 Å². The number of piperazine rings is 1. The molecule has 3 aliphatic heterocycles. The number of hydrogen-bond acceptors (Lipinski definition) is 11. The lowest BCUT2D eigenvalue weighted by Crippen LogP contribution is -2.49. The van der Waals surface area contributed by atoms with Crippen molar-refractivity contribution in [3.8, 4) is 17.5 Å². The van der Waals surface area contributed by atoms with Crippen LogP contribution >= 0.6 is 11.3 Å². The van der Waals surface area contributed by atoms with Gasteiger partial charge in [-0.05, 0) is 63.3 Å². The maximum Gasteiger partial charge on any atom is 0.246 e. The summed E-state index contributed by atoms with van der Waals surface area (Å²) in [4.78, 5) is 27.6. The predicted molar refractivity (Wildman–Crippen MR) is 179 cm³/mol. The van der Waals surface area contributed by atoms with E-state index in [1.54, 1.807) is 0 Å². The number of carbonyl (C=O) groups is 1. The molecular formula is C34H42N8O3S. The number of nitrogen functional groups attached to an aromatic ring is 1. The van der Waals surface area contributed by atoms with Gasteiger partial charge in [0.1, 0.15) is 11.1 Å². The third kappa shape index (κ3) is 5.65. The van der Waals surface area contributed by atoms with E-state index in [1.807, 2.05) is 4.90 Å². The number of anilines is 3. The molecule has 242 valence electrons. The van der Waals surface area contributed by atoms with E-state index in [4.69, 9.17) is 20.0 Å². The molecule has 4 aliphatic rings. The third-order valence-electron chi connectivity index (χ3n) is 10.3. The molecule has 0 radical (unpaired) electrons. The Morgan fingerprint density at radius 2 is 1.78 bits per heavy atom. The van der Waals surface area contributed by atoms with Crippen molar-refractivity contribution in [1.29, 1.82) is 5.26 Å². The number of piperidine rings is 1. The molecular weight excluding hydrogens is 600 g/mol. The normalized spacial score (nSPS) is 22.8. The number of aromatic nitrogens is 2. The lowest BCUT2D eigenvalue weighted by molar-refractivity contribution is -0.126. The number of nitrogens with zero attached hydrogens (tertiary/aromatic N) is 7. The molecule has 12 heteroatoms. The number of ether oxygens (including phenoxy) is 1. The monoisotopic (exact) mass is 642 g/mol. The number of rotatable bonds is 6. The van der Waals surface area contributed by atoms with Crippen molar-refractivity contribution in [2.75, 3.05) is 81.1 Å². The Kier molecular flexibility index (Phi) is 8.48. The fraction of sp³-hybridized carbons (Fsp3) is 0.529. The highest BCUT2D eigenvalue weighted by molar-refractivity contribution is 7.16. The molecule has 1 aromatic carbocycles. The molecule has 46 heavy (non-hydrogen) atoms. The van der Waals surface area contributed by atoms with Crippen LogP contribution in [0.5, 0.6) is 0 Å². The standard InChI is InChI=1S/C34H42N8O3S/c1-3-29(43)42-13-11-40(12-14-42)26-20-23(19-25(21-26)39-9-6-24(7-10-39)41-15-17-44-18-16-41)32-37-33(45-38-32)34(2)8-4-5-28-30(34)27(22-35)31(36)46-28/h3,19-21,24H,1,4-18,36H2,2H3. The van der Waals surface area contributed by atoms with Crippen LogP contribution in [0.2, 0.25) is 0 Å². The van der Waals surface area contributed by atoms with E-state index in [0.717, 1.165) is 112 Å². The Balaban J connectivity index is 1.19. The summed E-state index contributed by atoms with van der Waals surface area (Å²) in [6.45, 7) is 14.1. The van der Waals surface area contributed by atoms with Gasteiger partial charge in [-0.15, -0.1) is 11.3 Å². The number of nitrogens with two attached hydrogens (primary N) is 1. The molecule has 1 aliphatic carbocycles. The Bertz CT molecular complexity index is 1640. The van der Waals surface area contributed by atoms with Crippen LogP contribution in [-0.4, -0.2) is 97.5 Å². The van der Waals surface area contributed by atoms with Gasteiger partial charge >= 0.3 is 0 Å². The van der Waals surface area contributed by atoms with E-state index in [2.05, 4.69) is 57.6 Å². The zero-order chi connectivity index (χ0) is 31.8. The van der Waals surface area contributed by atoms with Crippen LogP contribution in [0.4, 0.5) is 16.4 Å². The molecule has 11 nitrogen and oxygen atoms in total. The first kappa shape index (κ1) is 30.7. The van der Waals surface area contributed by atoms with Crippen LogP contribution < -0.4 is 15.5 Å². The van der Waals surface area contributed by atoms with E-state index in [0.29, 0.717) is 41.4 Å². The summed E-state index contributed by atoms with van der Waals surface area (Å²) in [6.07, 6.45) is 6.29. The third-order valence-corrected chi connectivity index (χ3v) is 11.4. The van der Waals surface area contributed by atoms with E-state index in [1.165, 1.54) is 17.4 Å². The minimum absolute atomic E-state index is 0.0251. The number of thiophene rings is 1. The van der Waals surface area contributed by atoms with Gasteiger partial charge in [-0.3, -0.25) is 9.69 Å². The quantitative estimate of drug-likeness (QED) is 0.394. The van der Waals surface area contributed by atoms with Gasteiger partial charge in [-0.1, -0.05) is 11.7 Å². The van der Waals surface area contributed by atoms with Gasteiger partial charge in [0.15, 0.2) is 0 Å². The Morgan fingerprint density at radius 3 is 2.46 bits per heavy atom. The van der Waals surface area contributed by atoms with Crippen LogP contribution in [-0.2, 0) is 21.4 Å². The van der Waals surface area contributed by atoms with Gasteiger partial charge in [0.25, 0.3) is 0 Å². The number of hydrogen-bond donors (Lipinski definition) is 1. The summed E-state index contributed by atoms with van der Waals surface area (Å²) in [5.41, 5.74) is 10.3. The first-order valence-corrected chi connectivity index (χ1v) is 17.2. The van der Waals surface area contributed by atoms with Gasteiger partial charge in [0.05, 0.1) is 24.2 Å². The molecule has 3 saturated heterocycles. The number of aryl methyl sites for hydroxylation is 1. The largest absolute Gasteiger partial charge is 0.389 e. The Hall–Kier alpha value is -3.92. The molecule has 3 aromatic rings. The molecule has 0 bridgehead atoms. The number of amides is 1. The SMILES string of the molecule is C=CC(=O)N1CCN(c2cc(-c3noc(C4(C)CCCc5sc(N)c(C#N)c54)n3)cc(N3CCC(N4CCOCC4)CC3)c2)CC1. The van der Waals surface area contributed by atoms with E-state index >= 15 is 0 Å². The average Bonchev–Trinajstić information content (AvgIpc) is 3.74. The smallest absolute Gasteiger partial charge is 0.246 e. The van der Waals surface area contributed by atoms with Crippen molar-refractivity contribution in [3.63, 3.8) is 0 Å². The number of nitriles is 1. The Morgan fingerprint density at radius 1 is 1.09 bits per heavy atom. The van der Waals surface area contributed by atoms with E-state index in [9.17, 15) is 10.1 Å². The van der Waals surface area contributed by atoms with Gasteiger partial charge in [-0.25, -0.2) is 0 Å². The van der Waals surface area contributed by atoms with Crippen molar-refractivity contribution in [1.82, 2.24) is 19.9 Å². The van der Waals surface area contributed by atoms with Crippen molar-refractivity contribution >= 4 is 33.6 Å². The molecule has 2 N–H and O–H groups in total. The zero-order valence-electron chi connectivity index (χ0n) is 26.5. The number of morpholine rings is 1. The maximum absolute atomic E-state index is 12.2. The van der Waals surface area contributed by atoms with Gasteiger partial charge < -0.3 is 29.7 Å². The van der Waals surface area contributed by atoms with Crippen LogP contribution in [0.25, 0.3) is 11.4 Å². The number of carbonyl (C=O) groups excluding carboxylic acids is 1. The van der Waals surface area contributed by atoms with Gasteiger partial charge in [0.2, 0.25) is 17.6 Å². The highest BCUT2D eigenvalue weighted by Gasteiger charge is 2.43. The minimum Gasteiger partial charge on any atom is -0.389 e. The second kappa shape index (κ2) is 12.7. The highest BCUT2D eigenvalue weighted by atomic mass is 32.1. The summed E-state index contributed by atoms with van der Waals surface area (Å²) >= 11 is 1.50. The topological polar surface area (TPSA) is 128 Å². The average molecular weight is 643 g/mol. The molecule has 7 rings (SSSR count). The fourth-order valence-corrected chi connectivity index (χ4v) is 8.90. The summed E-state index contributed by atoms with van der Waals surface area (Å²) in [7, 11) is 0. The molecule has 0 spiro atoms. The number of benzene rings is 1. The van der Waals surface area contributed by atoms with E-state index < -0.39 is 5.41 Å². The summed E-state index contributed by atoms with van der Waals surface area (Å²) in [6, 6.07) is 9.52. The van der Waals surface area contributed by atoms with Crippen molar-refractivity contribution in [3.05, 3.63) is 52.7 Å². The lowest BCUT2D eigenvalue weighted by Gasteiger charge is -2.41. The van der Waals surface area contributed by atoms with Crippen LogP contribution in [0, 0.1) is 11.3 Å². The second-order valence-corrected chi connectivity index (χ2v) is 14.1. The van der Waals surface area contributed by atoms with E-state index in [-0.39, 0.29) is 5.91 Å². The van der Waals surface area contributed by atoms with Crippen LogP contribution in [0.3, 0.4) is 0 Å². The molecule has 1 amide bonds. The molecule has 3 fully saturated rings. The van der Waals surface area contributed by atoms with Crippen LogP contribution in [0.1, 0.15) is 54.5 Å². The zero-order valence-corrected chi connectivity index (χ0v) is 27.4. The summed E-state index contributed by atoms with van der Waals surface area (Å²) in [5, 5.41) is 15.0. The summed E-state index contributed by atoms with van der Waals surface area (Å²) < 4.78 is 11.6. The summed E-state index contributed by atoms with van der Waals surface area (Å²) in [5.74, 6) is 1.03. The van der Waals surface area contributed by atoms with Gasteiger partial charge in [0, 0.05) is 85.8 Å². The van der Waals surface area contributed by atoms with Crippen LogP contribution in [0.15, 0.2) is 35.4 Å². The minimum atomic E-state index is -0.576. The molecule has 2 aromatic heterocycles. The Labute approximate surface area is 274 Å². The molecule has 0 saturated carbocycles. The fourth-order valence-electron chi connectivity index (χ4n) is 7.71. The van der Waals surface area contributed by atoms with Crippen molar-refractivity contribution in [2.24, 2.45) is 0 Å².